The van der Waals surface area contributed by atoms with E-state index >= 15 is 0 Å². The molecule has 4 saturated heterocycles. The Morgan fingerprint density at radius 1 is 0.520 bits per heavy atom. The number of rotatable bonds is 20. The van der Waals surface area contributed by atoms with Gasteiger partial charge in [-0.05, 0) is 117 Å². The van der Waals surface area contributed by atoms with E-state index in [2.05, 4.69) is 20.8 Å². The molecule has 30 atom stereocenters. The lowest BCUT2D eigenvalue weighted by Crippen LogP contribution is -2.64. The average molecular weight is 1080 g/mol. The minimum atomic E-state index is -1.83. The van der Waals surface area contributed by atoms with Gasteiger partial charge in [0.2, 0.25) is 0 Å². The fourth-order valence-corrected chi connectivity index (χ4v) is 15.6. The second-order valence-electron chi connectivity index (χ2n) is 24.2. The molecule has 0 radical (unpaired) electrons. The maximum absolute atomic E-state index is 11.4. The number of ether oxygens (including phenoxy) is 9. The highest BCUT2D eigenvalue weighted by atomic mass is 16.8. The van der Waals surface area contributed by atoms with Crippen LogP contribution in [0.2, 0.25) is 0 Å². The van der Waals surface area contributed by atoms with Gasteiger partial charge in [-0.2, -0.15) is 0 Å². The Morgan fingerprint density at radius 3 is 1.55 bits per heavy atom. The predicted octanol–water partition coefficient (Wildman–Crippen LogP) is -1.22. The van der Waals surface area contributed by atoms with Crippen LogP contribution in [0.15, 0.2) is 0 Å². The summed E-state index contributed by atoms with van der Waals surface area (Å²) in [5, 5.41) is 139. The van der Waals surface area contributed by atoms with Gasteiger partial charge in [-0.1, -0.05) is 40.5 Å². The Hall–Kier alpha value is -0.880. The first-order valence-corrected chi connectivity index (χ1v) is 28.1. The molecule has 22 heteroatoms. The van der Waals surface area contributed by atoms with E-state index in [1.807, 2.05) is 7.11 Å². The lowest BCUT2D eigenvalue weighted by molar-refractivity contribution is -0.362. The molecule has 13 N–H and O–H groups in total. The summed E-state index contributed by atoms with van der Waals surface area (Å²) in [5.41, 5.74) is 0.608. The first-order chi connectivity index (χ1) is 35.7. The molecule has 436 valence electrons. The van der Waals surface area contributed by atoms with Gasteiger partial charge in [-0.15, -0.1) is 0 Å². The molecule has 12 unspecified atom stereocenters. The third-order valence-corrected chi connectivity index (χ3v) is 20.1. The Bertz CT molecular complexity index is 1690. The van der Waals surface area contributed by atoms with E-state index in [0.29, 0.717) is 35.7 Å². The van der Waals surface area contributed by atoms with E-state index in [4.69, 9.17) is 42.6 Å². The van der Waals surface area contributed by atoms with Crippen LogP contribution in [0.1, 0.15) is 111 Å². The number of aliphatic hydroxyl groups excluding tert-OH is 13. The SMILES string of the molecule is CCC1O[C@@H](OC2C(CO)O[C@@H](OCC(CCCC(C)C3CC[C@H]4[C@@H]5CC[C@@H]6C[C@H](OC)CC[C@]6(C)[C@H]5CC[C@]34C)CO[C@@H]3OC(CO)[C@@H](O[C@H]4OC(CO)[C@@H](O)[C@H](O)C4O)[C@H](O)C3O)C(O)[C@H]2O)C(O)[C@@H](O)[C@@H]1O. The minimum Gasteiger partial charge on any atom is -0.394 e. The Kier molecular flexibility index (Phi) is 20.5. The smallest absolute Gasteiger partial charge is 0.187 e. The summed E-state index contributed by atoms with van der Waals surface area (Å²) in [6.45, 7) is 6.70. The molecule has 4 aliphatic heterocycles. The van der Waals surface area contributed by atoms with Crippen LogP contribution >= 0.6 is 0 Å². The van der Waals surface area contributed by atoms with Crippen molar-refractivity contribution in [2.45, 2.75) is 240 Å². The van der Waals surface area contributed by atoms with E-state index in [9.17, 15) is 66.4 Å². The van der Waals surface area contributed by atoms with Crippen molar-refractivity contribution in [2.24, 2.45) is 52.3 Å². The predicted molar refractivity (Wildman–Crippen MR) is 260 cm³/mol. The largest absolute Gasteiger partial charge is 0.394 e. The van der Waals surface area contributed by atoms with Crippen molar-refractivity contribution in [1.29, 1.82) is 0 Å². The van der Waals surface area contributed by atoms with Crippen molar-refractivity contribution in [2.75, 3.05) is 40.1 Å². The summed E-state index contributed by atoms with van der Waals surface area (Å²) in [4.78, 5) is 0. The summed E-state index contributed by atoms with van der Waals surface area (Å²) in [6, 6.07) is 0. The highest BCUT2D eigenvalue weighted by Crippen LogP contribution is 2.68. The Labute approximate surface area is 440 Å². The monoisotopic (exact) mass is 1080 g/mol. The molecule has 0 spiro atoms. The van der Waals surface area contributed by atoms with Crippen LogP contribution in [0.5, 0.6) is 0 Å². The van der Waals surface area contributed by atoms with Gasteiger partial charge in [0.05, 0.1) is 45.2 Å². The van der Waals surface area contributed by atoms with Crippen molar-refractivity contribution in [1.82, 2.24) is 0 Å². The normalized spacial score (nSPS) is 51.1. The number of fused-ring (bicyclic) bond motifs is 5. The Balaban J connectivity index is 0.918. The van der Waals surface area contributed by atoms with Crippen LogP contribution in [0, 0.1) is 52.3 Å². The molecular weight excluding hydrogens is 989 g/mol. The van der Waals surface area contributed by atoms with Gasteiger partial charge < -0.3 is 109 Å². The van der Waals surface area contributed by atoms with E-state index in [0.717, 1.165) is 37.0 Å². The summed E-state index contributed by atoms with van der Waals surface area (Å²) >= 11 is 0. The zero-order chi connectivity index (χ0) is 54.3. The highest BCUT2D eigenvalue weighted by molar-refractivity contribution is 5.10. The lowest BCUT2D eigenvalue weighted by atomic mass is 9.44. The zero-order valence-corrected chi connectivity index (χ0v) is 44.4. The van der Waals surface area contributed by atoms with Gasteiger partial charge >= 0.3 is 0 Å². The highest BCUT2D eigenvalue weighted by Gasteiger charge is 2.61. The topological polar surface area (TPSA) is 346 Å². The lowest BCUT2D eigenvalue weighted by Gasteiger charge is -2.61. The van der Waals surface area contributed by atoms with E-state index in [1.165, 1.54) is 51.4 Å². The molecule has 75 heavy (non-hydrogen) atoms. The molecule has 0 amide bonds. The fourth-order valence-electron chi connectivity index (χ4n) is 15.6. The molecule has 8 fully saturated rings. The standard InChI is InChI=1S/C53H92O22/c1-6-32-36(57)38(59)42(63)50(70-32)74-46-34(20-55)72-48(44(65)40(46)61)68-22-25(23-69-49-45(66)41(62)47(35(21-56)73-49)75-51-43(64)39(60)37(58)33(19-54)71-51)9-7-8-24(2)29-12-13-30-28-11-10-26-18-27(67-5)14-16-52(26,3)31(28)15-17-53(29,30)4/h24-51,54-66H,6-23H2,1-5H3/t24?,25?,26-,27-,28+,29?,30+,31+,32?,33?,34?,35?,36-,37-,38+,39+,40-,41-,42?,43?,44?,45?,46?,47-,48-,49-,50+,51-,52+,53-/m1/s1. The van der Waals surface area contributed by atoms with Crippen molar-refractivity contribution in [3.63, 3.8) is 0 Å². The zero-order valence-electron chi connectivity index (χ0n) is 44.4. The molecule has 4 saturated carbocycles. The van der Waals surface area contributed by atoms with Crippen molar-refractivity contribution in [3.8, 4) is 0 Å². The van der Waals surface area contributed by atoms with Crippen molar-refractivity contribution < 1.29 is 109 Å². The first kappa shape index (κ1) is 60.2. The van der Waals surface area contributed by atoms with Gasteiger partial charge in [-0.25, -0.2) is 0 Å². The van der Waals surface area contributed by atoms with Crippen LogP contribution in [-0.4, -0.2) is 235 Å². The summed E-state index contributed by atoms with van der Waals surface area (Å²) in [6.07, 6.45) is -17.5. The summed E-state index contributed by atoms with van der Waals surface area (Å²) < 4.78 is 52.7. The minimum absolute atomic E-state index is 0.131. The van der Waals surface area contributed by atoms with Crippen LogP contribution < -0.4 is 0 Å². The summed E-state index contributed by atoms with van der Waals surface area (Å²) in [7, 11) is 1.85. The molecular formula is C53H92O22. The van der Waals surface area contributed by atoms with Gasteiger partial charge in [0, 0.05) is 13.0 Å². The fraction of sp³-hybridized carbons (Fsp3) is 1.00. The molecule has 0 aromatic rings. The molecule has 0 bridgehead atoms. The molecule has 22 nitrogen and oxygen atoms in total. The van der Waals surface area contributed by atoms with Crippen molar-refractivity contribution in [3.05, 3.63) is 0 Å². The number of hydrogen-bond donors (Lipinski definition) is 13. The maximum Gasteiger partial charge on any atom is 0.187 e. The first-order valence-electron chi connectivity index (χ1n) is 28.1. The molecule has 0 aromatic carbocycles. The van der Waals surface area contributed by atoms with Gasteiger partial charge in [0.1, 0.15) is 91.6 Å². The maximum atomic E-state index is 11.4. The third kappa shape index (κ3) is 12.1. The quantitative estimate of drug-likeness (QED) is 0.0680. The molecule has 8 aliphatic rings. The van der Waals surface area contributed by atoms with Crippen LogP contribution in [0.25, 0.3) is 0 Å². The van der Waals surface area contributed by atoms with E-state index in [-0.39, 0.29) is 25.0 Å². The average Bonchev–Trinajstić information content (AvgIpc) is 3.79. The second kappa shape index (κ2) is 25.5. The van der Waals surface area contributed by atoms with Crippen LogP contribution in [0.3, 0.4) is 0 Å². The van der Waals surface area contributed by atoms with Gasteiger partial charge in [0.15, 0.2) is 25.2 Å². The van der Waals surface area contributed by atoms with Gasteiger partial charge in [-0.3, -0.25) is 0 Å². The van der Waals surface area contributed by atoms with Crippen LogP contribution in [-0.2, 0) is 42.6 Å². The number of hydrogen-bond acceptors (Lipinski definition) is 22. The summed E-state index contributed by atoms with van der Waals surface area (Å²) in [5.74, 6) is 3.37. The van der Waals surface area contributed by atoms with Crippen molar-refractivity contribution >= 4 is 0 Å². The number of aliphatic hydroxyl groups is 13. The van der Waals surface area contributed by atoms with Crippen LogP contribution in [0.4, 0.5) is 0 Å². The second-order valence-corrected chi connectivity index (χ2v) is 24.2. The molecule has 0 aromatic heterocycles. The third-order valence-electron chi connectivity index (χ3n) is 20.1. The van der Waals surface area contributed by atoms with E-state index in [1.54, 1.807) is 6.92 Å². The Morgan fingerprint density at radius 2 is 1.01 bits per heavy atom. The van der Waals surface area contributed by atoms with E-state index < -0.39 is 149 Å². The molecule has 4 heterocycles. The molecule has 8 rings (SSSR count). The molecule has 4 aliphatic carbocycles. The number of methoxy groups -OCH3 is 1. The van der Waals surface area contributed by atoms with Gasteiger partial charge in [0.25, 0.3) is 0 Å².